The zero-order valence-corrected chi connectivity index (χ0v) is 15.2. The Hall–Kier alpha value is -4.08. The Morgan fingerprint density at radius 3 is 1.62 bits per heavy atom. The fourth-order valence-corrected chi connectivity index (χ4v) is 2.03. The van der Waals surface area contributed by atoms with Crippen molar-refractivity contribution in [1.29, 1.82) is 0 Å². The van der Waals surface area contributed by atoms with Crippen LogP contribution in [0.15, 0.2) is 48.5 Å². The summed E-state index contributed by atoms with van der Waals surface area (Å²) in [6, 6.07) is 10.8. The number of nitrogens with two attached hydrogens (primary N) is 2. The van der Waals surface area contributed by atoms with Crippen molar-refractivity contribution in [2.75, 3.05) is 11.5 Å². The van der Waals surface area contributed by atoms with Crippen LogP contribution in [0.2, 0.25) is 0 Å². The molecule has 1 unspecified atom stereocenters. The normalized spacial score (nSPS) is 10.8. The van der Waals surface area contributed by atoms with E-state index in [2.05, 4.69) is 5.32 Å². The largest absolute Gasteiger partial charge is 0.481 e. The lowest BCUT2D eigenvalue weighted by Crippen LogP contribution is -2.41. The molecule has 0 bridgehead atoms. The monoisotopic (exact) mass is 403 g/mol. The van der Waals surface area contributed by atoms with Crippen molar-refractivity contribution in [2.45, 2.75) is 18.9 Å². The third kappa shape index (κ3) is 8.43. The Balaban J connectivity index is 0.000000352. The number of nitrogen functional groups attached to an aromatic ring is 2. The average Bonchev–Trinajstić information content (AvgIpc) is 2.66. The summed E-state index contributed by atoms with van der Waals surface area (Å²) in [6.45, 7) is 0. The fraction of sp³-hybridized carbons (Fsp3) is 0.158. The summed E-state index contributed by atoms with van der Waals surface area (Å²) >= 11 is 0. The highest BCUT2D eigenvalue weighted by atomic mass is 16.4. The molecule has 0 spiro atoms. The summed E-state index contributed by atoms with van der Waals surface area (Å²) in [4.78, 5) is 43.3. The molecule has 0 saturated carbocycles. The minimum absolute atomic E-state index is 0.175. The summed E-state index contributed by atoms with van der Waals surface area (Å²) in [7, 11) is 0. The van der Waals surface area contributed by atoms with Crippen molar-refractivity contribution in [2.24, 2.45) is 0 Å². The van der Waals surface area contributed by atoms with E-state index in [-0.39, 0.29) is 24.0 Å². The molecule has 0 aliphatic rings. The van der Waals surface area contributed by atoms with Gasteiger partial charge in [0.25, 0.3) is 5.91 Å². The molecule has 10 nitrogen and oxygen atoms in total. The Morgan fingerprint density at radius 1 is 0.793 bits per heavy atom. The number of carbonyl (C=O) groups is 4. The van der Waals surface area contributed by atoms with E-state index >= 15 is 0 Å². The van der Waals surface area contributed by atoms with Gasteiger partial charge < -0.3 is 32.1 Å². The smallest absolute Gasteiger partial charge is 0.335 e. The van der Waals surface area contributed by atoms with E-state index in [0.717, 1.165) is 0 Å². The number of aromatic carboxylic acids is 1. The van der Waals surface area contributed by atoms with Gasteiger partial charge in [-0.15, -0.1) is 0 Å². The SMILES string of the molecule is Nc1ccc(C(=O)NC(CCC(=O)O)C(=O)O)cc1.Nc1ccc(C(=O)O)cc1. The van der Waals surface area contributed by atoms with Gasteiger partial charge in [0.05, 0.1) is 5.56 Å². The van der Waals surface area contributed by atoms with Gasteiger partial charge in [0.15, 0.2) is 0 Å². The number of benzene rings is 2. The second kappa shape index (κ2) is 10.9. The van der Waals surface area contributed by atoms with Crippen LogP contribution in [0, 0.1) is 0 Å². The Kier molecular flexibility index (Phi) is 8.65. The Bertz CT molecular complexity index is 864. The number of carboxylic acids is 3. The molecular formula is C19H21N3O7. The zero-order chi connectivity index (χ0) is 22.0. The molecule has 0 aliphatic carbocycles. The number of nitrogens with one attached hydrogen (secondary N) is 1. The summed E-state index contributed by atoms with van der Waals surface area (Å²) in [5.41, 5.74) is 12.4. The number of anilines is 2. The van der Waals surface area contributed by atoms with Crippen LogP contribution in [0.5, 0.6) is 0 Å². The van der Waals surface area contributed by atoms with Gasteiger partial charge >= 0.3 is 17.9 Å². The highest BCUT2D eigenvalue weighted by Crippen LogP contribution is 2.07. The standard InChI is InChI=1S/C12H14N2O5.C7H7NO2/c13-8-3-1-7(2-4-8)11(17)14-9(12(18)19)5-6-10(15)16;8-6-3-1-5(2-4-6)7(9)10/h1-4,9H,5-6,13H2,(H,14,17)(H,15,16)(H,18,19);1-4H,8H2,(H,9,10). The fourth-order valence-electron chi connectivity index (χ4n) is 2.03. The van der Waals surface area contributed by atoms with Crippen LogP contribution in [0.25, 0.3) is 0 Å². The van der Waals surface area contributed by atoms with E-state index < -0.39 is 29.9 Å². The maximum atomic E-state index is 11.8. The maximum absolute atomic E-state index is 11.8. The first-order chi connectivity index (χ1) is 13.6. The van der Waals surface area contributed by atoms with Crippen molar-refractivity contribution >= 4 is 35.2 Å². The number of carboxylic acid groups (broad SMARTS) is 3. The minimum atomic E-state index is -1.27. The van der Waals surface area contributed by atoms with Crippen LogP contribution < -0.4 is 16.8 Å². The van der Waals surface area contributed by atoms with Crippen molar-refractivity contribution in [1.82, 2.24) is 5.32 Å². The Morgan fingerprint density at radius 2 is 1.24 bits per heavy atom. The van der Waals surface area contributed by atoms with Crippen LogP contribution in [0.3, 0.4) is 0 Å². The number of hydrogen-bond acceptors (Lipinski definition) is 6. The van der Waals surface area contributed by atoms with Gasteiger partial charge in [0.2, 0.25) is 0 Å². The second-order valence-corrected chi connectivity index (χ2v) is 5.85. The van der Waals surface area contributed by atoms with Crippen LogP contribution >= 0.6 is 0 Å². The molecule has 0 aliphatic heterocycles. The minimum Gasteiger partial charge on any atom is -0.481 e. The van der Waals surface area contributed by atoms with E-state index in [9.17, 15) is 19.2 Å². The number of hydrogen-bond donors (Lipinski definition) is 6. The predicted octanol–water partition coefficient (Wildman–Crippen LogP) is 1.28. The molecule has 0 radical (unpaired) electrons. The molecule has 2 rings (SSSR count). The first-order valence-corrected chi connectivity index (χ1v) is 8.30. The van der Waals surface area contributed by atoms with Crippen LogP contribution in [-0.4, -0.2) is 45.2 Å². The van der Waals surface area contributed by atoms with E-state index in [0.29, 0.717) is 11.4 Å². The molecule has 2 aromatic rings. The molecule has 0 heterocycles. The number of rotatable bonds is 7. The number of aliphatic carboxylic acids is 2. The third-order valence-corrected chi connectivity index (χ3v) is 3.58. The number of carbonyl (C=O) groups excluding carboxylic acids is 1. The summed E-state index contributed by atoms with van der Waals surface area (Å²) < 4.78 is 0. The topological polar surface area (TPSA) is 193 Å². The molecule has 1 amide bonds. The van der Waals surface area contributed by atoms with Crippen molar-refractivity contribution < 1.29 is 34.5 Å². The van der Waals surface area contributed by atoms with E-state index in [4.69, 9.17) is 26.8 Å². The zero-order valence-electron chi connectivity index (χ0n) is 15.2. The van der Waals surface area contributed by atoms with Crippen LogP contribution in [0.4, 0.5) is 11.4 Å². The van der Waals surface area contributed by atoms with Gasteiger partial charge in [-0.1, -0.05) is 0 Å². The van der Waals surface area contributed by atoms with Crippen LogP contribution in [-0.2, 0) is 9.59 Å². The van der Waals surface area contributed by atoms with Gasteiger partial charge in [-0.2, -0.15) is 0 Å². The van der Waals surface area contributed by atoms with Gasteiger partial charge in [0.1, 0.15) is 6.04 Å². The van der Waals surface area contributed by atoms with E-state index in [1.54, 1.807) is 12.1 Å². The van der Waals surface area contributed by atoms with Crippen molar-refractivity contribution in [3.05, 3.63) is 59.7 Å². The Labute approximate surface area is 165 Å². The lowest BCUT2D eigenvalue weighted by Gasteiger charge is -2.13. The van der Waals surface area contributed by atoms with Crippen molar-refractivity contribution in [3.8, 4) is 0 Å². The molecule has 0 aromatic heterocycles. The molecule has 29 heavy (non-hydrogen) atoms. The quantitative estimate of drug-likeness (QED) is 0.369. The molecule has 2 aromatic carbocycles. The van der Waals surface area contributed by atoms with E-state index in [1.807, 2.05) is 0 Å². The van der Waals surface area contributed by atoms with E-state index in [1.165, 1.54) is 36.4 Å². The molecule has 154 valence electrons. The number of amides is 1. The molecule has 0 saturated heterocycles. The first-order valence-electron chi connectivity index (χ1n) is 8.30. The second-order valence-electron chi connectivity index (χ2n) is 5.85. The van der Waals surface area contributed by atoms with Gasteiger partial charge in [0, 0.05) is 23.4 Å². The molecule has 1 atom stereocenters. The van der Waals surface area contributed by atoms with Gasteiger partial charge in [-0.3, -0.25) is 9.59 Å². The van der Waals surface area contributed by atoms with Crippen LogP contribution in [0.1, 0.15) is 33.6 Å². The maximum Gasteiger partial charge on any atom is 0.335 e. The lowest BCUT2D eigenvalue weighted by molar-refractivity contribution is -0.140. The van der Waals surface area contributed by atoms with Gasteiger partial charge in [-0.05, 0) is 55.0 Å². The summed E-state index contributed by atoms with van der Waals surface area (Å²) in [5.74, 6) is -3.91. The van der Waals surface area contributed by atoms with Gasteiger partial charge in [-0.25, -0.2) is 9.59 Å². The third-order valence-electron chi connectivity index (χ3n) is 3.58. The lowest BCUT2D eigenvalue weighted by atomic mass is 10.1. The molecule has 0 fully saturated rings. The summed E-state index contributed by atoms with van der Waals surface area (Å²) in [6.07, 6.45) is -0.510. The predicted molar refractivity (Wildman–Crippen MR) is 104 cm³/mol. The van der Waals surface area contributed by atoms with Crippen molar-refractivity contribution in [3.63, 3.8) is 0 Å². The molecule has 10 heteroatoms. The molecule has 8 N–H and O–H groups in total. The highest BCUT2D eigenvalue weighted by Gasteiger charge is 2.21. The highest BCUT2D eigenvalue weighted by molar-refractivity contribution is 5.96. The average molecular weight is 403 g/mol. The summed E-state index contributed by atoms with van der Waals surface area (Å²) in [5, 5.41) is 28.1. The first kappa shape index (κ1) is 23.0. The molecular weight excluding hydrogens is 382 g/mol.